The van der Waals surface area contributed by atoms with Gasteiger partial charge in [-0.2, -0.15) is 5.26 Å². The van der Waals surface area contributed by atoms with E-state index in [9.17, 15) is 0 Å². The Kier molecular flexibility index (Phi) is 4.03. The number of halogens is 1. The van der Waals surface area contributed by atoms with Gasteiger partial charge in [0.2, 0.25) is 0 Å². The molecule has 1 aromatic carbocycles. The Morgan fingerprint density at radius 3 is 3.00 bits per heavy atom. The third-order valence-corrected chi connectivity index (χ3v) is 1.88. The average Bonchev–Trinajstić information content (AvgIpc) is 2.20. The van der Waals surface area contributed by atoms with E-state index >= 15 is 0 Å². The number of nitriles is 1. The van der Waals surface area contributed by atoms with Gasteiger partial charge in [-0.3, -0.25) is 0 Å². The summed E-state index contributed by atoms with van der Waals surface area (Å²) in [5, 5.41) is 9.33. The molecule has 0 fully saturated rings. The lowest BCUT2D eigenvalue weighted by molar-refractivity contribution is 0.324. The van der Waals surface area contributed by atoms with Crippen molar-refractivity contribution in [2.45, 2.75) is 6.42 Å². The highest BCUT2D eigenvalue weighted by molar-refractivity contribution is 6.30. The van der Waals surface area contributed by atoms with Crippen LogP contribution in [0.25, 0.3) is 0 Å². The average molecular weight is 208 g/mol. The summed E-state index contributed by atoms with van der Waals surface area (Å²) in [6.45, 7) is 4.11. The molecule has 72 valence electrons. The van der Waals surface area contributed by atoms with Crippen molar-refractivity contribution >= 4 is 11.6 Å². The predicted molar refractivity (Wildman–Crippen MR) is 56.5 cm³/mol. The molecule has 0 heterocycles. The van der Waals surface area contributed by atoms with E-state index in [1.165, 1.54) is 0 Å². The van der Waals surface area contributed by atoms with Gasteiger partial charge in [0.25, 0.3) is 0 Å². The number of nitrogens with zero attached hydrogens (tertiary/aromatic N) is 1. The van der Waals surface area contributed by atoms with E-state index in [0.29, 0.717) is 22.9 Å². The molecule has 2 nitrogen and oxygen atoms in total. The standard InChI is InChI=1S/C11H10ClNO/c1-2-3-6-14-11-5-4-10(12)7-9(11)8-13/h2,4-5,7H,1,3,6H2. The number of rotatable bonds is 4. The van der Waals surface area contributed by atoms with E-state index < -0.39 is 0 Å². The van der Waals surface area contributed by atoms with Gasteiger partial charge in [0.1, 0.15) is 11.8 Å². The first-order valence-electron chi connectivity index (χ1n) is 4.21. The molecule has 0 aromatic heterocycles. The highest BCUT2D eigenvalue weighted by Gasteiger charge is 2.02. The molecule has 0 N–H and O–H groups in total. The highest BCUT2D eigenvalue weighted by atomic mass is 35.5. The minimum Gasteiger partial charge on any atom is -0.492 e. The van der Waals surface area contributed by atoms with Gasteiger partial charge in [0.05, 0.1) is 12.2 Å². The third kappa shape index (κ3) is 2.79. The minimum atomic E-state index is 0.460. The zero-order chi connectivity index (χ0) is 10.4. The molecule has 14 heavy (non-hydrogen) atoms. The number of ether oxygens (including phenoxy) is 1. The predicted octanol–water partition coefficient (Wildman–Crippen LogP) is 3.17. The van der Waals surface area contributed by atoms with Crippen LogP contribution in [0, 0.1) is 11.3 Å². The molecule has 0 bridgehead atoms. The van der Waals surface area contributed by atoms with Crippen LogP contribution in [0.2, 0.25) is 5.02 Å². The quantitative estimate of drug-likeness (QED) is 0.561. The van der Waals surface area contributed by atoms with Crippen LogP contribution in [0.15, 0.2) is 30.9 Å². The fourth-order valence-corrected chi connectivity index (χ4v) is 1.14. The van der Waals surface area contributed by atoms with Crippen LogP contribution in [-0.2, 0) is 0 Å². The number of benzene rings is 1. The van der Waals surface area contributed by atoms with Crippen LogP contribution in [0.1, 0.15) is 12.0 Å². The Labute approximate surface area is 88.4 Å². The first-order chi connectivity index (χ1) is 6.77. The van der Waals surface area contributed by atoms with Gasteiger partial charge in [0.15, 0.2) is 0 Å². The van der Waals surface area contributed by atoms with Gasteiger partial charge in [-0.25, -0.2) is 0 Å². The topological polar surface area (TPSA) is 33.0 Å². The number of hydrogen-bond donors (Lipinski definition) is 0. The van der Waals surface area contributed by atoms with Crippen molar-refractivity contribution in [2.24, 2.45) is 0 Å². The smallest absolute Gasteiger partial charge is 0.137 e. The van der Waals surface area contributed by atoms with Crippen LogP contribution < -0.4 is 4.74 Å². The zero-order valence-corrected chi connectivity index (χ0v) is 8.42. The van der Waals surface area contributed by atoms with E-state index in [-0.39, 0.29) is 0 Å². The van der Waals surface area contributed by atoms with Gasteiger partial charge in [-0.05, 0) is 24.6 Å². The van der Waals surface area contributed by atoms with Gasteiger partial charge in [0, 0.05) is 5.02 Å². The normalized spacial score (nSPS) is 9.14. The molecule has 0 spiro atoms. The van der Waals surface area contributed by atoms with Gasteiger partial charge in [-0.1, -0.05) is 17.7 Å². The van der Waals surface area contributed by atoms with Crippen molar-refractivity contribution in [1.29, 1.82) is 5.26 Å². The summed E-state index contributed by atoms with van der Waals surface area (Å²) in [6.07, 6.45) is 2.52. The molecule has 0 unspecified atom stereocenters. The summed E-state index contributed by atoms with van der Waals surface area (Å²) in [5.74, 6) is 0.568. The van der Waals surface area contributed by atoms with Gasteiger partial charge in [-0.15, -0.1) is 6.58 Å². The lowest BCUT2D eigenvalue weighted by Gasteiger charge is -2.06. The maximum atomic E-state index is 8.79. The van der Waals surface area contributed by atoms with E-state index in [4.69, 9.17) is 21.6 Å². The van der Waals surface area contributed by atoms with E-state index in [1.54, 1.807) is 24.3 Å². The first-order valence-corrected chi connectivity index (χ1v) is 4.59. The molecule has 0 saturated heterocycles. The molecule has 0 aliphatic heterocycles. The second kappa shape index (κ2) is 5.31. The molecule has 1 rings (SSSR count). The Bertz CT molecular complexity index is 368. The van der Waals surface area contributed by atoms with E-state index in [2.05, 4.69) is 6.58 Å². The van der Waals surface area contributed by atoms with Gasteiger partial charge < -0.3 is 4.74 Å². The summed E-state index contributed by atoms with van der Waals surface area (Å²) in [5.41, 5.74) is 0.460. The second-order valence-corrected chi connectivity index (χ2v) is 3.11. The minimum absolute atomic E-state index is 0.460. The van der Waals surface area contributed by atoms with Crippen LogP contribution in [-0.4, -0.2) is 6.61 Å². The van der Waals surface area contributed by atoms with E-state index in [0.717, 1.165) is 6.42 Å². The summed E-state index contributed by atoms with van der Waals surface area (Å²) in [6, 6.07) is 7.01. The maximum absolute atomic E-state index is 8.79. The fraction of sp³-hybridized carbons (Fsp3) is 0.182. The summed E-state index contributed by atoms with van der Waals surface area (Å²) in [7, 11) is 0. The molecule has 0 aliphatic carbocycles. The van der Waals surface area contributed by atoms with Gasteiger partial charge >= 0.3 is 0 Å². The lowest BCUT2D eigenvalue weighted by Crippen LogP contribution is -1.97. The molecule has 0 atom stereocenters. The summed E-state index contributed by atoms with van der Waals surface area (Å²) in [4.78, 5) is 0. The first kappa shape index (κ1) is 10.6. The Hall–Kier alpha value is -1.46. The molecule has 0 radical (unpaired) electrons. The Balaban J connectivity index is 2.76. The Morgan fingerprint density at radius 1 is 1.57 bits per heavy atom. The van der Waals surface area contributed by atoms with Crippen molar-refractivity contribution in [2.75, 3.05) is 6.61 Å². The second-order valence-electron chi connectivity index (χ2n) is 2.68. The monoisotopic (exact) mass is 207 g/mol. The van der Waals surface area contributed by atoms with Crippen LogP contribution in [0.5, 0.6) is 5.75 Å². The van der Waals surface area contributed by atoms with Crippen molar-refractivity contribution in [1.82, 2.24) is 0 Å². The molecular formula is C11H10ClNO. The highest BCUT2D eigenvalue weighted by Crippen LogP contribution is 2.21. The van der Waals surface area contributed by atoms with Crippen molar-refractivity contribution in [3.63, 3.8) is 0 Å². The molecular weight excluding hydrogens is 198 g/mol. The van der Waals surface area contributed by atoms with Crippen molar-refractivity contribution in [3.05, 3.63) is 41.4 Å². The zero-order valence-electron chi connectivity index (χ0n) is 7.66. The maximum Gasteiger partial charge on any atom is 0.137 e. The Morgan fingerprint density at radius 2 is 2.36 bits per heavy atom. The molecule has 0 saturated carbocycles. The van der Waals surface area contributed by atoms with Crippen LogP contribution in [0.4, 0.5) is 0 Å². The largest absolute Gasteiger partial charge is 0.492 e. The molecule has 0 aliphatic rings. The summed E-state index contributed by atoms with van der Waals surface area (Å²) >= 11 is 5.73. The van der Waals surface area contributed by atoms with Crippen molar-refractivity contribution < 1.29 is 4.74 Å². The molecule has 0 amide bonds. The lowest BCUT2D eigenvalue weighted by atomic mass is 10.2. The third-order valence-electron chi connectivity index (χ3n) is 1.64. The van der Waals surface area contributed by atoms with E-state index in [1.807, 2.05) is 6.07 Å². The molecule has 1 aromatic rings. The van der Waals surface area contributed by atoms with Crippen LogP contribution >= 0.6 is 11.6 Å². The molecule has 3 heteroatoms. The van der Waals surface area contributed by atoms with Crippen molar-refractivity contribution in [3.8, 4) is 11.8 Å². The number of hydrogen-bond acceptors (Lipinski definition) is 2. The fourth-order valence-electron chi connectivity index (χ4n) is 0.968. The van der Waals surface area contributed by atoms with Crippen LogP contribution in [0.3, 0.4) is 0 Å². The summed E-state index contributed by atoms with van der Waals surface area (Å²) < 4.78 is 5.37. The SMILES string of the molecule is C=CCCOc1ccc(Cl)cc1C#N.